The quantitative estimate of drug-likeness (QED) is 0.699. The fourth-order valence-corrected chi connectivity index (χ4v) is 4.09. The average molecular weight is 251 g/mol. The summed E-state index contributed by atoms with van der Waals surface area (Å²) in [4.78, 5) is 2.49. The molecule has 0 bridgehead atoms. The molecule has 0 aromatic heterocycles. The van der Waals surface area contributed by atoms with Gasteiger partial charge in [-0.15, -0.1) is 0 Å². The van der Waals surface area contributed by atoms with Crippen LogP contribution in [0.4, 0.5) is 0 Å². The number of piperidine rings is 1. The third kappa shape index (κ3) is 3.73. The van der Waals surface area contributed by atoms with Gasteiger partial charge in [-0.05, 0) is 81.3 Å². The van der Waals surface area contributed by atoms with Gasteiger partial charge in [0.15, 0.2) is 0 Å². The standard InChI is InChI=1S/C17H33N/c1-13(2)10-14-11-15(14)12-17(3,4)16-6-8-18(5)9-7-16/h13-16H,6-12H2,1-5H3. The minimum absolute atomic E-state index is 0.581. The van der Waals surface area contributed by atoms with Crippen LogP contribution in [0.15, 0.2) is 0 Å². The summed E-state index contributed by atoms with van der Waals surface area (Å²) in [6, 6.07) is 0. The Bertz CT molecular complexity index is 261. The Morgan fingerprint density at radius 1 is 1.11 bits per heavy atom. The van der Waals surface area contributed by atoms with Crippen LogP contribution in [0.3, 0.4) is 0 Å². The van der Waals surface area contributed by atoms with E-state index >= 15 is 0 Å². The van der Waals surface area contributed by atoms with Gasteiger partial charge in [0.05, 0.1) is 0 Å². The van der Waals surface area contributed by atoms with Crippen molar-refractivity contribution in [2.75, 3.05) is 20.1 Å². The van der Waals surface area contributed by atoms with Crippen molar-refractivity contribution >= 4 is 0 Å². The smallest absolute Gasteiger partial charge is 0.00189 e. The van der Waals surface area contributed by atoms with Gasteiger partial charge >= 0.3 is 0 Å². The predicted octanol–water partition coefficient (Wildman–Crippen LogP) is 4.43. The molecule has 0 aromatic carbocycles. The summed E-state index contributed by atoms with van der Waals surface area (Å²) in [5, 5.41) is 0. The molecule has 1 nitrogen and oxygen atoms in total. The molecule has 106 valence electrons. The fraction of sp³-hybridized carbons (Fsp3) is 1.00. The summed E-state index contributed by atoms with van der Waals surface area (Å²) in [5.41, 5.74) is 0.581. The highest BCUT2D eigenvalue weighted by Gasteiger charge is 2.43. The van der Waals surface area contributed by atoms with E-state index in [-0.39, 0.29) is 0 Å². The van der Waals surface area contributed by atoms with E-state index in [1.54, 1.807) is 0 Å². The van der Waals surface area contributed by atoms with Crippen LogP contribution >= 0.6 is 0 Å². The fourth-order valence-electron chi connectivity index (χ4n) is 4.09. The highest BCUT2D eigenvalue weighted by molar-refractivity contribution is 4.93. The highest BCUT2D eigenvalue weighted by atomic mass is 15.1. The van der Waals surface area contributed by atoms with Gasteiger partial charge in [-0.25, -0.2) is 0 Å². The van der Waals surface area contributed by atoms with E-state index in [2.05, 4.69) is 39.6 Å². The van der Waals surface area contributed by atoms with Crippen LogP contribution in [0.5, 0.6) is 0 Å². The molecule has 0 N–H and O–H groups in total. The van der Waals surface area contributed by atoms with Crippen LogP contribution in [0, 0.1) is 29.1 Å². The lowest BCUT2D eigenvalue weighted by atomic mass is 9.70. The molecule has 0 aromatic rings. The van der Waals surface area contributed by atoms with Crippen molar-refractivity contribution in [3.8, 4) is 0 Å². The van der Waals surface area contributed by atoms with Crippen molar-refractivity contribution in [3.05, 3.63) is 0 Å². The van der Waals surface area contributed by atoms with E-state index < -0.39 is 0 Å². The second kappa shape index (κ2) is 5.53. The minimum atomic E-state index is 0.581. The van der Waals surface area contributed by atoms with E-state index in [9.17, 15) is 0 Å². The number of rotatable bonds is 5. The largest absolute Gasteiger partial charge is 0.306 e. The normalized spacial score (nSPS) is 31.0. The summed E-state index contributed by atoms with van der Waals surface area (Å²) in [6.07, 6.45) is 7.32. The van der Waals surface area contributed by atoms with Crippen LogP contribution in [-0.4, -0.2) is 25.0 Å². The molecular weight excluding hydrogens is 218 g/mol. The van der Waals surface area contributed by atoms with Crippen molar-refractivity contribution in [2.45, 2.75) is 59.8 Å². The van der Waals surface area contributed by atoms with Crippen molar-refractivity contribution in [1.29, 1.82) is 0 Å². The van der Waals surface area contributed by atoms with Gasteiger partial charge in [0.25, 0.3) is 0 Å². The van der Waals surface area contributed by atoms with E-state index in [0.29, 0.717) is 5.41 Å². The highest BCUT2D eigenvalue weighted by Crippen LogP contribution is 2.52. The van der Waals surface area contributed by atoms with Crippen LogP contribution in [0.25, 0.3) is 0 Å². The molecule has 2 fully saturated rings. The molecular formula is C17H33N. The van der Waals surface area contributed by atoms with Crippen LogP contribution < -0.4 is 0 Å². The third-order valence-electron chi connectivity index (χ3n) is 5.46. The monoisotopic (exact) mass is 251 g/mol. The summed E-state index contributed by atoms with van der Waals surface area (Å²) in [5.74, 6) is 3.98. The predicted molar refractivity (Wildman–Crippen MR) is 79.7 cm³/mol. The molecule has 2 aliphatic rings. The topological polar surface area (TPSA) is 3.24 Å². The molecule has 18 heavy (non-hydrogen) atoms. The molecule has 0 spiro atoms. The first kappa shape index (κ1) is 14.4. The van der Waals surface area contributed by atoms with E-state index in [0.717, 1.165) is 23.7 Å². The van der Waals surface area contributed by atoms with Gasteiger partial charge in [-0.3, -0.25) is 0 Å². The molecule has 1 saturated carbocycles. The molecule has 0 radical (unpaired) electrons. The second-order valence-corrected chi connectivity index (χ2v) is 8.16. The van der Waals surface area contributed by atoms with Crippen molar-refractivity contribution in [1.82, 2.24) is 4.90 Å². The SMILES string of the molecule is CC(C)CC1CC1CC(C)(C)C1CCN(C)CC1. The van der Waals surface area contributed by atoms with Crippen molar-refractivity contribution in [2.24, 2.45) is 29.1 Å². The lowest BCUT2D eigenvalue weighted by Crippen LogP contribution is -2.37. The van der Waals surface area contributed by atoms with Crippen LogP contribution in [-0.2, 0) is 0 Å². The second-order valence-electron chi connectivity index (χ2n) is 8.16. The van der Waals surface area contributed by atoms with E-state index in [4.69, 9.17) is 0 Å². The maximum atomic E-state index is 2.54. The van der Waals surface area contributed by atoms with Gasteiger partial charge in [0.2, 0.25) is 0 Å². The summed E-state index contributed by atoms with van der Waals surface area (Å²) in [6.45, 7) is 12.4. The van der Waals surface area contributed by atoms with Gasteiger partial charge in [-0.1, -0.05) is 27.7 Å². The number of likely N-dealkylation sites (tertiary alicyclic amines) is 1. The molecule has 1 heteroatoms. The Hall–Kier alpha value is -0.0400. The molecule has 2 rings (SSSR count). The van der Waals surface area contributed by atoms with Crippen molar-refractivity contribution in [3.63, 3.8) is 0 Å². The lowest BCUT2D eigenvalue weighted by molar-refractivity contribution is 0.0999. The number of nitrogens with zero attached hydrogens (tertiary/aromatic N) is 1. The molecule has 1 aliphatic heterocycles. The van der Waals surface area contributed by atoms with Crippen LogP contribution in [0.1, 0.15) is 59.8 Å². The summed E-state index contributed by atoms with van der Waals surface area (Å²) in [7, 11) is 2.27. The number of hydrogen-bond donors (Lipinski definition) is 0. The summed E-state index contributed by atoms with van der Waals surface area (Å²) < 4.78 is 0. The van der Waals surface area contributed by atoms with E-state index in [1.165, 1.54) is 45.2 Å². The van der Waals surface area contributed by atoms with Gasteiger partial charge in [0.1, 0.15) is 0 Å². The lowest BCUT2D eigenvalue weighted by Gasteiger charge is -2.40. The Kier molecular flexibility index (Phi) is 4.41. The molecule has 2 unspecified atom stereocenters. The minimum Gasteiger partial charge on any atom is -0.306 e. The molecule has 1 saturated heterocycles. The summed E-state index contributed by atoms with van der Waals surface area (Å²) >= 11 is 0. The van der Waals surface area contributed by atoms with Crippen molar-refractivity contribution < 1.29 is 0 Å². The van der Waals surface area contributed by atoms with Gasteiger partial charge in [0, 0.05) is 0 Å². The molecule has 2 atom stereocenters. The number of hydrogen-bond acceptors (Lipinski definition) is 1. The first-order valence-electron chi connectivity index (χ1n) is 8.07. The zero-order chi connectivity index (χ0) is 13.3. The Morgan fingerprint density at radius 2 is 1.72 bits per heavy atom. The maximum Gasteiger partial charge on any atom is -0.00189 e. The van der Waals surface area contributed by atoms with Gasteiger partial charge in [-0.2, -0.15) is 0 Å². The third-order valence-corrected chi connectivity index (χ3v) is 5.46. The zero-order valence-corrected chi connectivity index (χ0v) is 13.2. The van der Waals surface area contributed by atoms with E-state index in [1.807, 2.05) is 0 Å². The zero-order valence-electron chi connectivity index (χ0n) is 13.2. The Balaban J connectivity index is 1.78. The van der Waals surface area contributed by atoms with Crippen LogP contribution in [0.2, 0.25) is 0 Å². The van der Waals surface area contributed by atoms with Gasteiger partial charge < -0.3 is 4.90 Å². The first-order chi connectivity index (χ1) is 8.38. The molecule has 1 heterocycles. The molecule has 1 aliphatic carbocycles. The maximum absolute atomic E-state index is 2.54. The average Bonchev–Trinajstić information content (AvgIpc) is 2.94. The first-order valence-corrected chi connectivity index (χ1v) is 8.07. The molecule has 0 amide bonds. The Labute approximate surface area is 114 Å². The Morgan fingerprint density at radius 3 is 2.28 bits per heavy atom.